The number of cyclic esters (lactones) is 1. The zero-order chi connectivity index (χ0) is 20.3. The van der Waals surface area contributed by atoms with Crippen molar-refractivity contribution in [2.75, 3.05) is 12.9 Å². The van der Waals surface area contributed by atoms with Crippen molar-refractivity contribution in [2.45, 2.75) is 11.8 Å². The molecule has 1 N–H and O–H groups in total. The summed E-state index contributed by atoms with van der Waals surface area (Å²) in [4.78, 5) is 12.5. The molecule has 0 atom stereocenters. The Kier molecular flexibility index (Phi) is 5.34. The van der Waals surface area contributed by atoms with Gasteiger partial charge < -0.3 is 9.94 Å². The van der Waals surface area contributed by atoms with E-state index in [9.17, 15) is 13.2 Å². The summed E-state index contributed by atoms with van der Waals surface area (Å²) in [5.41, 5.74) is 3.56. The number of hydrogen-bond acceptors (Lipinski definition) is 6. The number of ether oxygens (including phenoxy) is 1. The maximum Gasteiger partial charge on any atom is 0.339 e. The van der Waals surface area contributed by atoms with Crippen molar-refractivity contribution >= 4 is 32.7 Å². The van der Waals surface area contributed by atoms with Gasteiger partial charge in [0.05, 0.1) is 10.5 Å². The van der Waals surface area contributed by atoms with Crippen LogP contribution >= 0.6 is 0 Å². The number of carbonyl (C=O) groups excluding carboxylic acids is 1. The van der Waals surface area contributed by atoms with Gasteiger partial charge in [0.2, 0.25) is 0 Å². The van der Waals surface area contributed by atoms with E-state index in [2.05, 4.69) is 17.0 Å². The molecule has 6 nitrogen and oxygen atoms in total. The molecule has 28 heavy (non-hydrogen) atoms. The number of benzene rings is 2. The molecule has 7 heteroatoms. The molecule has 0 saturated heterocycles. The summed E-state index contributed by atoms with van der Waals surface area (Å²) in [7, 11) is -3.29. The Morgan fingerprint density at radius 2 is 1.68 bits per heavy atom. The average Bonchev–Trinajstić information content (AvgIpc) is 3.07. The van der Waals surface area contributed by atoms with E-state index in [1.165, 1.54) is 12.1 Å². The summed E-state index contributed by atoms with van der Waals surface area (Å²) in [6.07, 6.45) is 1.15. The molecule has 0 amide bonds. The monoisotopic (exact) mass is 395 g/mol. The first kappa shape index (κ1) is 19.4. The van der Waals surface area contributed by atoms with E-state index < -0.39 is 15.8 Å². The van der Waals surface area contributed by atoms with Crippen molar-refractivity contribution in [3.05, 3.63) is 65.2 Å². The van der Waals surface area contributed by atoms with E-state index >= 15 is 0 Å². The average molecular weight is 395 g/mol. The van der Waals surface area contributed by atoms with Gasteiger partial charge in [-0.3, -0.25) is 0 Å². The first-order valence-electron chi connectivity index (χ1n) is 8.31. The lowest BCUT2D eigenvalue weighted by atomic mass is 9.96. The highest BCUT2D eigenvalue weighted by molar-refractivity contribution is 7.90. The molecule has 0 unspecified atom stereocenters. The van der Waals surface area contributed by atoms with E-state index in [0.29, 0.717) is 28.0 Å². The maximum absolute atomic E-state index is 12.3. The Morgan fingerprint density at radius 1 is 1.07 bits per heavy atom. The fourth-order valence-electron chi connectivity index (χ4n) is 2.74. The first-order chi connectivity index (χ1) is 13.3. The molecule has 2 aromatic carbocycles. The van der Waals surface area contributed by atoms with E-state index in [-0.39, 0.29) is 11.5 Å². The topological polar surface area (TPSA) is 93.0 Å². The van der Waals surface area contributed by atoms with Gasteiger partial charge in [0, 0.05) is 17.4 Å². The van der Waals surface area contributed by atoms with Gasteiger partial charge in [-0.25, -0.2) is 13.2 Å². The SMILES string of the molecule is C/C(C#Cc1ccc(C2=C(c3ccc(S(C)(=O)=O)cc3)COC2=O)cc1)=N/O. The van der Waals surface area contributed by atoms with Gasteiger partial charge in [0.15, 0.2) is 9.84 Å². The van der Waals surface area contributed by atoms with Gasteiger partial charge in [-0.2, -0.15) is 0 Å². The van der Waals surface area contributed by atoms with Crippen LogP contribution in [0.25, 0.3) is 11.1 Å². The van der Waals surface area contributed by atoms with Gasteiger partial charge in [-0.05, 0) is 48.2 Å². The van der Waals surface area contributed by atoms with Crippen LogP contribution in [-0.2, 0) is 19.4 Å². The number of sulfone groups is 1. The smallest absolute Gasteiger partial charge is 0.339 e. The van der Waals surface area contributed by atoms with Crippen LogP contribution < -0.4 is 0 Å². The molecule has 142 valence electrons. The molecular formula is C21H17NO5S. The molecule has 1 aliphatic rings. The molecule has 1 aliphatic heterocycles. The number of esters is 1. The number of hydrogen-bond donors (Lipinski definition) is 1. The lowest BCUT2D eigenvalue weighted by molar-refractivity contribution is -0.133. The third-order valence-corrected chi connectivity index (χ3v) is 5.32. The minimum absolute atomic E-state index is 0.125. The molecule has 0 aromatic heterocycles. The second kappa shape index (κ2) is 7.71. The second-order valence-corrected chi connectivity index (χ2v) is 8.25. The fraction of sp³-hybridized carbons (Fsp3) is 0.143. The Morgan fingerprint density at radius 3 is 2.25 bits per heavy atom. The van der Waals surface area contributed by atoms with E-state index in [4.69, 9.17) is 9.94 Å². The third kappa shape index (κ3) is 4.13. The van der Waals surface area contributed by atoms with Crippen molar-refractivity contribution in [3.8, 4) is 11.8 Å². The molecule has 0 fully saturated rings. The Bertz CT molecular complexity index is 1150. The van der Waals surface area contributed by atoms with Crippen LogP contribution in [0.15, 0.2) is 58.6 Å². The van der Waals surface area contributed by atoms with Crippen LogP contribution in [0.5, 0.6) is 0 Å². The molecule has 0 spiro atoms. The van der Waals surface area contributed by atoms with Crippen LogP contribution in [0.1, 0.15) is 23.6 Å². The van der Waals surface area contributed by atoms with Crippen molar-refractivity contribution < 1.29 is 23.2 Å². The lowest BCUT2D eigenvalue weighted by Gasteiger charge is -2.06. The zero-order valence-electron chi connectivity index (χ0n) is 15.3. The quantitative estimate of drug-likeness (QED) is 0.284. The summed E-state index contributed by atoms with van der Waals surface area (Å²) in [6.45, 7) is 1.71. The van der Waals surface area contributed by atoms with E-state index in [1.807, 2.05) is 0 Å². The largest absolute Gasteiger partial charge is 0.457 e. The molecule has 0 aliphatic carbocycles. The minimum Gasteiger partial charge on any atom is -0.457 e. The molecule has 3 rings (SSSR count). The first-order valence-corrected chi connectivity index (χ1v) is 10.2. The minimum atomic E-state index is -3.29. The van der Waals surface area contributed by atoms with Crippen LogP contribution in [0.2, 0.25) is 0 Å². The standard InChI is InChI=1S/C21H17NO5S/c1-14(22-24)3-4-15-5-7-17(8-6-15)20-19(13-27-21(20)23)16-9-11-18(12-10-16)28(2,25)26/h5-12,24H,13H2,1-2H3/b22-14-. The van der Waals surface area contributed by atoms with E-state index in [0.717, 1.165) is 11.8 Å². The van der Waals surface area contributed by atoms with Crippen molar-refractivity contribution in [3.63, 3.8) is 0 Å². The number of carbonyl (C=O) groups is 1. The van der Waals surface area contributed by atoms with Crippen molar-refractivity contribution in [1.82, 2.24) is 0 Å². The summed E-state index contributed by atoms with van der Waals surface area (Å²) >= 11 is 0. The van der Waals surface area contributed by atoms with Crippen molar-refractivity contribution in [2.24, 2.45) is 5.16 Å². The fourth-order valence-corrected chi connectivity index (χ4v) is 3.37. The Labute approximate surface area is 163 Å². The predicted octanol–water partition coefficient (Wildman–Crippen LogP) is 2.76. The summed E-state index contributed by atoms with van der Waals surface area (Å²) in [5.74, 6) is 5.13. The maximum atomic E-state index is 12.3. The molecule has 2 aromatic rings. The highest BCUT2D eigenvalue weighted by Crippen LogP contribution is 2.33. The molecular weight excluding hydrogens is 378 g/mol. The Balaban J connectivity index is 1.98. The summed E-state index contributed by atoms with van der Waals surface area (Å²) < 4.78 is 28.5. The summed E-state index contributed by atoms with van der Waals surface area (Å²) in [6, 6.07) is 13.4. The highest BCUT2D eigenvalue weighted by Gasteiger charge is 2.27. The van der Waals surface area contributed by atoms with Crippen LogP contribution in [0.4, 0.5) is 0 Å². The second-order valence-electron chi connectivity index (χ2n) is 6.24. The van der Waals surface area contributed by atoms with Crippen LogP contribution in [0, 0.1) is 11.8 Å². The molecule has 0 saturated carbocycles. The molecule has 0 bridgehead atoms. The van der Waals surface area contributed by atoms with Gasteiger partial charge >= 0.3 is 5.97 Å². The van der Waals surface area contributed by atoms with Gasteiger partial charge in [0.25, 0.3) is 0 Å². The predicted molar refractivity (Wildman–Crippen MR) is 106 cm³/mol. The molecule has 1 heterocycles. The normalized spacial score (nSPS) is 14.5. The van der Waals surface area contributed by atoms with Crippen molar-refractivity contribution in [1.29, 1.82) is 0 Å². The number of nitrogens with zero attached hydrogens (tertiary/aromatic N) is 1. The van der Waals surface area contributed by atoms with Crippen LogP contribution in [-0.4, -0.2) is 38.2 Å². The van der Waals surface area contributed by atoms with Crippen LogP contribution in [0.3, 0.4) is 0 Å². The van der Waals surface area contributed by atoms with E-state index in [1.54, 1.807) is 43.3 Å². The zero-order valence-corrected chi connectivity index (χ0v) is 16.1. The highest BCUT2D eigenvalue weighted by atomic mass is 32.2. The van der Waals surface area contributed by atoms with Gasteiger partial charge in [-0.1, -0.05) is 35.3 Å². The molecule has 0 radical (unpaired) electrons. The lowest BCUT2D eigenvalue weighted by Crippen LogP contribution is -1.99. The van der Waals surface area contributed by atoms with Gasteiger partial charge in [0.1, 0.15) is 12.3 Å². The number of rotatable bonds is 3. The summed E-state index contributed by atoms with van der Waals surface area (Å²) in [5, 5.41) is 11.6. The van der Waals surface area contributed by atoms with Gasteiger partial charge in [-0.15, -0.1) is 0 Å². The third-order valence-electron chi connectivity index (χ3n) is 4.20. The number of oxime groups is 1. The Hall–Kier alpha value is -3.37.